The van der Waals surface area contributed by atoms with E-state index in [4.69, 9.17) is 0 Å². The minimum absolute atomic E-state index is 0.109. The maximum absolute atomic E-state index is 13.1. The third kappa shape index (κ3) is 5.40. The monoisotopic (exact) mass is 457 g/mol. The number of sulfonamides is 2. The van der Waals surface area contributed by atoms with Gasteiger partial charge in [0.05, 0.1) is 11.2 Å². The first-order chi connectivity index (χ1) is 14.0. The average molecular weight is 458 g/mol. The SMILES string of the molecule is CC1CC(C)CN(S(=O)(=O)c2cccc(C(=O)NC3CCCN(S(C)(=O)=O)C3)c2)C1. The van der Waals surface area contributed by atoms with E-state index in [0.717, 1.165) is 12.7 Å². The van der Waals surface area contributed by atoms with Gasteiger partial charge in [0.25, 0.3) is 5.91 Å². The van der Waals surface area contributed by atoms with E-state index in [2.05, 4.69) is 5.32 Å². The highest BCUT2D eigenvalue weighted by molar-refractivity contribution is 7.89. The van der Waals surface area contributed by atoms with Gasteiger partial charge in [-0.1, -0.05) is 19.9 Å². The van der Waals surface area contributed by atoms with E-state index in [1.165, 1.54) is 20.7 Å². The molecule has 2 heterocycles. The molecular weight excluding hydrogens is 426 g/mol. The highest BCUT2D eigenvalue weighted by atomic mass is 32.2. The summed E-state index contributed by atoms with van der Waals surface area (Å²) in [5, 5.41) is 2.86. The van der Waals surface area contributed by atoms with E-state index in [0.29, 0.717) is 44.3 Å². The molecule has 3 rings (SSSR count). The van der Waals surface area contributed by atoms with E-state index in [1.54, 1.807) is 12.1 Å². The fourth-order valence-corrected chi connectivity index (χ4v) is 7.02. The van der Waals surface area contributed by atoms with Crippen molar-refractivity contribution in [2.75, 3.05) is 32.4 Å². The molecule has 1 aromatic rings. The second-order valence-electron chi connectivity index (χ2n) is 8.73. The number of amides is 1. The maximum atomic E-state index is 13.1. The predicted molar refractivity (Wildman–Crippen MR) is 115 cm³/mol. The van der Waals surface area contributed by atoms with E-state index in [-0.39, 0.29) is 23.0 Å². The lowest BCUT2D eigenvalue weighted by molar-refractivity contribution is 0.0921. The highest BCUT2D eigenvalue weighted by Crippen LogP contribution is 2.27. The lowest BCUT2D eigenvalue weighted by Crippen LogP contribution is -2.49. The fraction of sp³-hybridized carbons (Fsp3) is 0.650. The van der Waals surface area contributed by atoms with Crippen LogP contribution in [0.25, 0.3) is 0 Å². The normalized spacial score (nSPS) is 27.0. The molecule has 10 heteroatoms. The van der Waals surface area contributed by atoms with Gasteiger partial charge < -0.3 is 5.32 Å². The van der Waals surface area contributed by atoms with Crippen molar-refractivity contribution in [2.45, 2.75) is 44.0 Å². The van der Waals surface area contributed by atoms with Crippen LogP contribution in [0.3, 0.4) is 0 Å². The first kappa shape index (κ1) is 23.2. The topological polar surface area (TPSA) is 104 Å². The van der Waals surface area contributed by atoms with Gasteiger partial charge in [-0.2, -0.15) is 4.31 Å². The van der Waals surface area contributed by atoms with E-state index in [9.17, 15) is 21.6 Å². The van der Waals surface area contributed by atoms with Gasteiger partial charge in [-0.15, -0.1) is 0 Å². The van der Waals surface area contributed by atoms with Gasteiger partial charge in [0.15, 0.2) is 0 Å². The van der Waals surface area contributed by atoms with Gasteiger partial charge in [-0.05, 0) is 49.3 Å². The Hall–Kier alpha value is -1.49. The second kappa shape index (κ2) is 8.94. The van der Waals surface area contributed by atoms with Crippen LogP contribution >= 0.6 is 0 Å². The predicted octanol–water partition coefficient (Wildman–Crippen LogP) is 1.51. The van der Waals surface area contributed by atoms with E-state index in [1.807, 2.05) is 13.8 Å². The zero-order valence-corrected chi connectivity index (χ0v) is 19.4. The van der Waals surface area contributed by atoms with Crippen LogP contribution < -0.4 is 5.32 Å². The summed E-state index contributed by atoms with van der Waals surface area (Å²) in [6.07, 6.45) is 3.51. The zero-order valence-electron chi connectivity index (χ0n) is 17.7. The van der Waals surface area contributed by atoms with Crippen LogP contribution in [0.15, 0.2) is 29.2 Å². The highest BCUT2D eigenvalue weighted by Gasteiger charge is 2.32. The first-order valence-corrected chi connectivity index (χ1v) is 13.6. The van der Waals surface area contributed by atoms with E-state index >= 15 is 0 Å². The molecule has 2 fully saturated rings. The number of rotatable bonds is 5. The van der Waals surface area contributed by atoms with Gasteiger partial charge in [0.1, 0.15) is 0 Å². The molecule has 1 amide bonds. The Morgan fingerprint density at radius 2 is 1.70 bits per heavy atom. The molecule has 8 nitrogen and oxygen atoms in total. The molecule has 1 N–H and O–H groups in total. The van der Waals surface area contributed by atoms with Crippen molar-refractivity contribution in [2.24, 2.45) is 11.8 Å². The van der Waals surface area contributed by atoms with Crippen molar-refractivity contribution in [1.82, 2.24) is 13.9 Å². The largest absolute Gasteiger partial charge is 0.348 e. The molecule has 3 unspecified atom stereocenters. The van der Waals surface area contributed by atoms with Crippen LogP contribution in [-0.4, -0.2) is 69.8 Å². The summed E-state index contributed by atoms with van der Waals surface area (Å²) in [6, 6.07) is 5.77. The molecule has 0 radical (unpaired) electrons. The summed E-state index contributed by atoms with van der Waals surface area (Å²) in [5.74, 6) is 0.186. The van der Waals surface area contributed by atoms with Crippen molar-refractivity contribution >= 4 is 26.0 Å². The van der Waals surface area contributed by atoms with Crippen LogP contribution in [0.1, 0.15) is 43.5 Å². The smallest absolute Gasteiger partial charge is 0.251 e. The fourth-order valence-electron chi connectivity index (χ4n) is 4.38. The molecule has 0 bridgehead atoms. The number of carbonyl (C=O) groups excluding carboxylic acids is 1. The molecule has 1 aromatic carbocycles. The second-order valence-corrected chi connectivity index (χ2v) is 12.6. The number of nitrogens with zero attached hydrogens (tertiary/aromatic N) is 2. The lowest BCUT2D eigenvalue weighted by Gasteiger charge is -2.34. The summed E-state index contributed by atoms with van der Waals surface area (Å²) in [5.41, 5.74) is 0.255. The minimum Gasteiger partial charge on any atom is -0.348 e. The third-order valence-corrected chi connectivity index (χ3v) is 8.86. The van der Waals surface area contributed by atoms with Gasteiger partial charge in [0.2, 0.25) is 20.0 Å². The average Bonchev–Trinajstić information content (AvgIpc) is 2.67. The number of carbonyl (C=O) groups is 1. The van der Waals surface area contributed by atoms with Gasteiger partial charge in [-0.25, -0.2) is 21.1 Å². The van der Waals surface area contributed by atoms with E-state index < -0.39 is 26.0 Å². The van der Waals surface area contributed by atoms with Crippen LogP contribution in [0.4, 0.5) is 0 Å². The van der Waals surface area contributed by atoms with Gasteiger partial charge >= 0.3 is 0 Å². The van der Waals surface area contributed by atoms with Crippen LogP contribution in [0.2, 0.25) is 0 Å². The molecule has 2 aliphatic heterocycles. The molecule has 0 aliphatic carbocycles. The number of nitrogens with one attached hydrogen (secondary N) is 1. The van der Waals surface area contributed by atoms with Crippen molar-refractivity contribution in [3.05, 3.63) is 29.8 Å². The van der Waals surface area contributed by atoms with Crippen LogP contribution in [0.5, 0.6) is 0 Å². The Bertz CT molecular complexity index is 983. The van der Waals surface area contributed by atoms with Crippen molar-refractivity contribution in [3.63, 3.8) is 0 Å². The van der Waals surface area contributed by atoms with Crippen LogP contribution in [-0.2, 0) is 20.0 Å². The summed E-state index contributed by atoms with van der Waals surface area (Å²) in [4.78, 5) is 12.9. The Balaban J connectivity index is 1.74. The summed E-state index contributed by atoms with van der Waals surface area (Å²) >= 11 is 0. The first-order valence-electron chi connectivity index (χ1n) is 10.3. The molecule has 0 aromatic heterocycles. The number of benzene rings is 1. The van der Waals surface area contributed by atoms with Crippen molar-refractivity contribution in [3.8, 4) is 0 Å². The summed E-state index contributed by atoms with van der Waals surface area (Å²) < 4.78 is 52.7. The molecule has 168 valence electrons. The zero-order chi connectivity index (χ0) is 22.1. The third-order valence-electron chi connectivity index (χ3n) is 5.76. The molecule has 0 saturated carbocycles. The quantitative estimate of drug-likeness (QED) is 0.722. The Labute approximate surface area is 179 Å². The summed E-state index contributed by atoms with van der Waals surface area (Å²) in [6.45, 7) is 5.73. The summed E-state index contributed by atoms with van der Waals surface area (Å²) in [7, 11) is -6.99. The van der Waals surface area contributed by atoms with Crippen molar-refractivity contribution in [1.29, 1.82) is 0 Å². The molecule has 30 heavy (non-hydrogen) atoms. The number of hydrogen-bond donors (Lipinski definition) is 1. The molecule has 3 atom stereocenters. The molecule has 2 aliphatic rings. The molecule has 2 saturated heterocycles. The molecule has 0 spiro atoms. The Morgan fingerprint density at radius 1 is 1.03 bits per heavy atom. The standard InChI is InChI=1S/C20H31N3O5S2/c1-15-10-16(2)13-23(12-15)30(27,28)19-8-4-6-17(11-19)20(24)21-18-7-5-9-22(14-18)29(3,25)26/h4,6,8,11,15-16,18H,5,7,9-10,12-14H2,1-3H3,(H,21,24). The Morgan fingerprint density at radius 3 is 2.33 bits per heavy atom. The Kier molecular flexibility index (Phi) is 6.91. The number of piperidine rings is 2. The van der Waals surface area contributed by atoms with Gasteiger partial charge in [0, 0.05) is 37.8 Å². The molecular formula is C20H31N3O5S2. The van der Waals surface area contributed by atoms with Gasteiger partial charge in [-0.3, -0.25) is 4.79 Å². The van der Waals surface area contributed by atoms with Crippen LogP contribution in [0, 0.1) is 11.8 Å². The van der Waals surface area contributed by atoms with Crippen molar-refractivity contribution < 1.29 is 21.6 Å². The number of hydrogen-bond acceptors (Lipinski definition) is 5. The minimum atomic E-state index is -3.68. The lowest BCUT2D eigenvalue weighted by atomic mass is 9.94. The maximum Gasteiger partial charge on any atom is 0.251 e.